The fourth-order valence-electron chi connectivity index (χ4n) is 0.470. The molecule has 0 aliphatic heterocycles. The van der Waals surface area contributed by atoms with E-state index in [1.807, 2.05) is 0 Å². The van der Waals surface area contributed by atoms with Crippen LogP contribution in [-0.4, -0.2) is 0 Å². The maximum Gasteiger partial charge on any atom is 0.0167 e. The van der Waals surface area contributed by atoms with E-state index in [9.17, 15) is 0 Å². The molecular weight excluding hydrogens is 166 g/mol. The molecule has 0 fully saturated rings. The van der Waals surface area contributed by atoms with Crippen LogP contribution in [0.1, 0.15) is 0 Å². The van der Waals surface area contributed by atoms with Gasteiger partial charge in [-0.1, -0.05) is 0 Å². The average Bonchev–Trinajstić information content (AvgIpc) is 2.16. The van der Waals surface area contributed by atoms with Crippen LogP contribution in [0.25, 0.3) is 0 Å². The van der Waals surface area contributed by atoms with Crippen molar-refractivity contribution in [1.82, 2.24) is 16.0 Å². The third-order valence-electron chi connectivity index (χ3n) is 0.936. The molecule has 0 heterocycles. The highest BCUT2D eigenvalue weighted by molar-refractivity contribution is 4.91. The second kappa shape index (κ2) is 9.96. The van der Waals surface area contributed by atoms with Gasteiger partial charge in [-0.3, -0.25) is 0 Å². The Kier molecular flexibility index (Phi) is 8.40. The van der Waals surface area contributed by atoms with Crippen LogP contribution in [0.5, 0.6) is 0 Å². The molecule has 0 rings (SSSR count). The molecule has 0 amide bonds. The van der Waals surface area contributed by atoms with Crippen molar-refractivity contribution >= 4 is 0 Å². The Labute approximate surface area is 77.9 Å². The van der Waals surface area contributed by atoms with E-state index >= 15 is 0 Å². The Bertz CT molecular complexity index is 183. The highest BCUT2D eigenvalue weighted by atomic mass is 14.9. The summed E-state index contributed by atoms with van der Waals surface area (Å²) in [7, 11) is 0. The fourth-order valence-corrected chi connectivity index (χ4v) is 0.470. The first-order valence-corrected chi connectivity index (χ1v) is 3.73. The van der Waals surface area contributed by atoms with Gasteiger partial charge in [0.1, 0.15) is 0 Å². The summed E-state index contributed by atoms with van der Waals surface area (Å²) < 4.78 is 0. The summed E-state index contributed by atoms with van der Waals surface area (Å²) in [5.74, 6) is 0. The van der Waals surface area contributed by atoms with Crippen LogP contribution in [0.3, 0.4) is 0 Å². The van der Waals surface area contributed by atoms with Crippen molar-refractivity contribution in [2.24, 2.45) is 11.5 Å². The van der Waals surface area contributed by atoms with Gasteiger partial charge in [0.15, 0.2) is 0 Å². The quantitative estimate of drug-likeness (QED) is 0.383. The van der Waals surface area contributed by atoms with Crippen molar-refractivity contribution in [1.29, 1.82) is 0 Å². The minimum Gasteiger partial charge on any atom is -0.403 e. The number of rotatable bonds is 6. The number of nitrogens with one attached hydrogen (secondary N) is 3. The molecule has 0 unspecified atom stereocenters. The second-order valence-electron chi connectivity index (χ2n) is 1.88. The number of hydrogen-bond donors (Lipinski definition) is 5. The molecule has 5 nitrogen and oxygen atoms in total. The second-order valence-corrected chi connectivity index (χ2v) is 1.88. The number of hydrogen-bond acceptors (Lipinski definition) is 5. The molecule has 0 saturated heterocycles. The fraction of sp³-hybridized carbons (Fsp3) is 0. The largest absolute Gasteiger partial charge is 0.403 e. The van der Waals surface area contributed by atoms with Gasteiger partial charge in [0, 0.05) is 49.6 Å². The zero-order chi connectivity index (χ0) is 9.78. The molecule has 0 bridgehead atoms. The zero-order valence-corrected chi connectivity index (χ0v) is 7.27. The predicted octanol–water partition coefficient (Wildman–Crippen LogP) is -0.443. The van der Waals surface area contributed by atoms with Gasteiger partial charge in [-0.2, -0.15) is 0 Å². The van der Waals surface area contributed by atoms with Crippen LogP contribution >= 0.6 is 0 Å². The summed E-state index contributed by atoms with van der Waals surface area (Å²) in [5.41, 5.74) is 10.2. The summed E-state index contributed by atoms with van der Waals surface area (Å²) in [5, 5.41) is 8.47. The third-order valence-corrected chi connectivity index (χ3v) is 0.936. The molecule has 0 radical (unpaired) electrons. The molecule has 0 aromatic rings. The third kappa shape index (κ3) is 9.96. The lowest BCUT2D eigenvalue weighted by Gasteiger charge is -1.91. The van der Waals surface area contributed by atoms with Crippen molar-refractivity contribution < 1.29 is 0 Å². The number of nitrogens with two attached hydrogens (primary N) is 2. The Hall–Kier alpha value is -2.04. The minimum atomic E-state index is 1.41. The highest BCUT2D eigenvalue weighted by Crippen LogP contribution is 1.66. The Morgan fingerprint density at radius 3 is 1.15 bits per heavy atom. The molecule has 0 spiro atoms. The van der Waals surface area contributed by atoms with Crippen LogP contribution in [-0.2, 0) is 0 Å². The van der Waals surface area contributed by atoms with Crippen LogP contribution in [0.4, 0.5) is 0 Å². The monoisotopic (exact) mass is 181 g/mol. The molecule has 0 saturated carbocycles. The first-order chi connectivity index (χ1) is 6.41. The van der Waals surface area contributed by atoms with Crippen molar-refractivity contribution in [3.63, 3.8) is 0 Å². The molecule has 0 atom stereocenters. The molecule has 72 valence electrons. The topological polar surface area (TPSA) is 88.1 Å². The zero-order valence-electron chi connectivity index (χ0n) is 7.27. The first kappa shape index (κ1) is 11.0. The lowest BCUT2D eigenvalue weighted by atomic mass is 10.7. The summed E-state index contributed by atoms with van der Waals surface area (Å²) >= 11 is 0. The van der Waals surface area contributed by atoms with Crippen LogP contribution < -0.4 is 27.4 Å². The lowest BCUT2D eigenvalue weighted by Crippen LogP contribution is -2.01. The first-order valence-electron chi connectivity index (χ1n) is 3.73. The van der Waals surface area contributed by atoms with E-state index in [-0.39, 0.29) is 0 Å². The minimum absolute atomic E-state index is 1.41. The summed E-state index contributed by atoms with van der Waals surface area (Å²) in [6.07, 6.45) is 12.9. The van der Waals surface area contributed by atoms with Crippen LogP contribution in [0.2, 0.25) is 0 Å². The van der Waals surface area contributed by atoms with E-state index in [1.165, 1.54) is 12.4 Å². The summed E-state index contributed by atoms with van der Waals surface area (Å²) in [4.78, 5) is 0. The van der Waals surface area contributed by atoms with E-state index in [1.54, 1.807) is 37.2 Å². The van der Waals surface area contributed by atoms with Crippen LogP contribution in [0.15, 0.2) is 49.6 Å². The Balaban J connectivity index is 3.32. The van der Waals surface area contributed by atoms with Crippen molar-refractivity contribution in [2.45, 2.75) is 0 Å². The van der Waals surface area contributed by atoms with E-state index in [4.69, 9.17) is 11.5 Å². The van der Waals surface area contributed by atoms with E-state index in [2.05, 4.69) is 16.0 Å². The molecule has 0 aromatic heterocycles. The molecule has 0 aromatic carbocycles. The van der Waals surface area contributed by atoms with E-state index < -0.39 is 0 Å². The van der Waals surface area contributed by atoms with Gasteiger partial charge in [-0.15, -0.1) is 0 Å². The Morgan fingerprint density at radius 1 is 0.538 bits per heavy atom. The average molecular weight is 181 g/mol. The molecule has 0 aliphatic rings. The van der Waals surface area contributed by atoms with Crippen molar-refractivity contribution in [3.8, 4) is 0 Å². The van der Waals surface area contributed by atoms with Gasteiger partial charge in [-0.05, 0) is 0 Å². The van der Waals surface area contributed by atoms with Crippen molar-refractivity contribution in [2.75, 3.05) is 0 Å². The van der Waals surface area contributed by atoms with Crippen molar-refractivity contribution in [3.05, 3.63) is 49.6 Å². The summed E-state index contributed by atoms with van der Waals surface area (Å²) in [6, 6.07) is 0. The predicted molar refractivity (Wildman–Crippen MR) is 54.3 cm³/mol. The van der Waals surface area contributed by atoms with Gasteiger partial charge in [-0.25, -0.2) is 0 Å². The lowest BCUT2D eigenvalue weighted by molar-refractivity contribution is 1.08. The maximum atomic E-state index is 5.08. The standard InChI is InChI=1S/C8H15N5/c9-1-3-11-5-7-13-8-6-12-4-2-10/h1-8,11-13H,9-10H2. The molecule has 7 N–H and O–H groups in total. The van der Waals surface area contributed by atoms with Gasteiger partial charge in [0.2, 0.25) is 0 Å². The smallest absolute Gasteiger partial charge is 0.0167 e. The molecule has 0 aliphatic carbocycles. The normalized spacial score (nSPS) is 12.0. The highest BCUT2D eigenvalue weighted by Gasteiger charge is 1.66. The van der Waals surface area contributed by atoms with Crippen LogP contribution in [0, 0.1) is 0 Å². The van der Waals surface area contributed by atoms with Gasteiger partial charge >= 0.3 is 0 Å². The van der Waals surface area contributed by atoms with Gasteiger partial charge in [0.05, 0.1) is 0 Å². The van der Waals surface area contributed by atoms with E-state index in [0.717, 1.165) is 0 Å². The summed E-state index contributed by atoms with van der Waals surface area (Å²) in [6.45, 7) is 0. The van der Waals surface area contributed by atoms with E-state index in [0.29, 0.717) is 0 Å². The van der Waals surface area contributed by atoms with Gasteiger partial charge in [0.25, 0.3) is 0 Å². The SMILES string of the molecule is NC=CNC=CNC=CNC=CN. The maximum absolute atomic E-state index is 5.08. The molecule has 5 heteroatoms. The Morgan fingerprint density at radius 2 is 0.846 bits per heavy atom. The molecular formula is C8H15N5. The molecule has 13 heavy (non-hydrogen) atoms. The van der Waals surface area contributed by atoms with Gasteiger partial charge < -0.3 is 27.4 Å².